The summed E-state index contributed by atoms with van der Waals surface area (Å²) in [6, 6.07) is 12.2. The number of amides is 1. The number of nitro benzene ring substituents is 1. The average molecular weight is 480 g/mol. The number of fused-ring (bicyclic) bond motifs is 1. The van der Waals surface area contributed by atoms with Crippen LogP contribution in [0.3, 0.4) is 0 Å². The lowest BCUT2D eigenvalue weighted by atomic mass is 10.2. The first-order valence-corrected chi connectivity index (χ1v) is 11.7. The number of benzene rings is 1. The highest BCUT2D eigenvalue weighted by Crippen LogP contribution is 2.23. The molecular weight excluding hydrogens is 458 g/mol. The molecule has 1 unspecified atom stereocenters. The van der Waals surface area contributed by atoms with Crippen molar-refractivity contribution >= 4 is 29.0 Å². The van der Waals surface area contributed by atoms with Crippen molar-refractivity contribution in [2.24, 2.45) is 0 Å². The Morgan fingerprint density at radius 1 is 1.21 bits per heavy atom. The fourth-order valence-electron chi connectivity index (χ4n) is 3.57. The molecule has 0 radical (unpaired) electrons. The van der Waals surface area contributed by atoms with Gasteiger partial charge in [0.2, 0.25) is 5.43 Å². The summed E-state index contributed by atoms with van der Waals surface area (Å²) in [7, 11) is 0. The van der Waals surface area contributed by atoms with Gasteiger partial charge in [0.05, 0.1) is 11.0 Å². The van der Waals surface area contributed by atoms with Crippen LogP contribution in [-0.2, 0) is 0 Å². The van der Waals surface area contributed by atoms with Gasteiger partial charge in [-0.05, 0) is 43.6 Å². The van der Waals surface area contributed by atoms with Crippen molar-refractivity contribution in [1.29, 1.82) is 0 Å². The van der Waals surface area contributed by atoms with Gasteiger partial charge in [-0.25, -0.2) is 4.68 Å². The number of hydrogen-bond acceptors (Lipinski definition) is 8. The summed E-state index contributed by atoms with van der Waals surface area (Å²) in [6.45, 7) is 1.59. The molecule has 1 amide bonds. The maximum absolute atomic E-state index is 13.2. The molecule has 4 aromatic rings. The molecule has 0 aliphatic rings. The van der Waals surface area contributed by atoms with Crippen LogP contribution in [0.2, 0.25) is 0 Å². The van der Waals surface area contributed by atoms with E-state index >= 15 is 0 Å². The number of aromatic nitrogens is 5. The van der Waals surface area contributed by atoms with Crippen LogP contribution >= 0.6 is 11.8 Å². The minimum Gasteiger partial charge on any atom is -0.340 e. The zero-order chi connectivity index (χ0) is 24.2. The molecule has 3 heterocycles. The van der Waals surface area contributed by atoms with Gasteiger partial charge >= 0.3 is 0 Å². The van der Waals surface area contributed by atoms with Crippen molar-refractivity contribution < 1.29 is 9.72 Å². The summed E-state index contributed by atoms with van der Waals surface area (Å²) < 4.78 is 3.01. The molecule has 0 fully saturated rings. The second-order valence-electron chi connectivity index (χ2n) is 7.45. The van der Waals surface area contributed by atoms with Gasteiger partial charge in [-0.3, -0.25) is 24.1 Å². The molecule has 0 bridgehead atoms. The minimum atomic E-state index is -0.698. The zero-order valence-electron chi connectivity index (χ0n) is 18.4. The predicted octanol–water partition coefficient (Wildman–Crippen LogP) is 2.72. The summed E-state index contributed by atoms with van der Waals surface area (Å²) in [4.78, 5) is 36.8. The molecule has 3 aromatic heterocycles. The number of hydrogen-bond donors (Lipinski definition) is 1. The summed E-state index contributed by atoms with van der Waals surface area (Å²) in [6.07, 6.45) is 4.30. The number of nitrogens with one attached hydrogen (secondary N) is 1. The molecule has 4 rings (SSSR count). The molecular formula is C22H21N7O4S. The predicted molar refractivity (Wildman–Crippen MR) is 127 cm³/mol. The molecule has 0 aliphatic carbocycles. The van der Waals surface area contributed by atoms with E-state index in [1.807, 2.05) is 18.4 Å². The normalized spacial score (nSPS) is 11.9. The van der Waals surface area contributed by atoms with Crippen LogP contribution in [-0.4, -0.2) is 47.2 Å². The van der Waals surface area contributed by atoms with Gasteiger partial charge in [-0.1, -0.05) is 18.2 Å². The molecule has 0 saturated carbocycles. The van der Waals surface area contributed by atoms with E-state index in [1.165, 1.54) is 28.9 Å². The summed E-state index contributed by atoms with van der Waals surface area (Å²) in [5.41, 5.74) is -0.0000635. The Morgan fingerprint density at radius 3 is 2.74 bits per heavy atom. The van der Waals surface area contributed by atoms with Crippen LogP contribution in [0.4, 0.5) is 5.69 Å². The SMILES string of the molecule is CSCCC(NC(=O)c1nn(-c2ccccc2[N+](=O)[O-])c(C)cc1=O)c1nnc2ccccn12. The topological polar surface area (TPSA) is 137 Å². The van der Waals surface area contributed by atoms with Crippen molar-refractivity contribution in [3.8, 4) is 5.69 Å². The fraction of sp³-hybridized carbons (Fsp3) is 0.227. The van der Waals surface area contributed by atoms with Crippen LogP contribution in [0, 0.1) is 17.0 Å². The molecule has 1 atom stereocenters. The standard InChI is InChI=1S/C22H21N7O4S/c1-14-13-18(30)20(26-28(14)16-7-3-4-8-17(16)29(32)33)22(31)23-15(10-12-34-2)21-25-24-19-9-5-6-11-27(19)21/h3-9,11,13,15H,10,12H2,1-2H3,(H,23,31). The van der Waals surface area contributed by atoms with Gasteiger partial charge in [-0.2, -0.15) is 16.9 Å². The Morgan fingerprint density at radius 2 is 1.97 bits per heavy atom. The number of nitrogens with zero attached hydrogens (tertiary/aromatic N) is 6. The van der Waals surface area contributed by atoms with E-state index in [1.54, 1.807) is 41.4 Å². The van der Waals surface area contributed by atoms with E-state index in [-0.39, 0.29) is 17.1 Å². The Labute approximate surface area is 198 Å². The molecule has 0 saturated heterocycles. The first-order chi connectivity index (χ1) is 16.4. The van der Waals surface area contributed by atoms with Gasteiger partial charge in [0, 0.05) is 24.0 Å². The zero-order valence-corrected chi connectivity index (χ0v) is 19.2. The van der Waals surface area contributed by atoms with Crippen LogP contribution in [0.25, 0.3) is 11.3 Å². The molecule has 11 nitrogen and oxygen atoms in total. The van der Waals surface area contributed by atoms with E-state index < -0.39 is 22.3 Å². The van der Waals surface area contributed by atoms with Crippen LogP contribution < -0.4 is 10.7 Å². The van der Waals surface area contributed by atoms with Crippen LogP contribution in [0.1, 0.15) is 34.5 Å². The van der Waals surface area contributed by atoms with E-state index in [0.29, 0.717) is 23.6 Å². The molecule has 12 heteroatoms. The highest BCUT2D eigenvalue weighted by Gasteiger charge is 2.25. The van der Waals surface area contributed by atoms with Gasteiger partial charge in [0.15, 0.2) is 17.2 Å². The Hall–Kier alpha value is -4.06. The van der Waals surface area contributed by atoms with Gasteiger partial charge < -0.3 is 5.32 Å². The molecule has 0 aliphatic heterocycles. The number of aryl methyl sites for hydroxylation is 1. The number of pyridine rings is 1. The smallest absolute Gasteiger partial charge is 0.294 e. The van der Waals surface area contributed by atoms with Crippen molar-refractivity contribution in [2.45, 2.75) is 19.4 Å². The summed E-state index contributed by atoms with van der Waals surface area (Å²) in [5, 5.41) is 26.9. The number of thioether (sulfide) groups is 1. The monoisotopic (exact) mass is 479 g/mol. The first-order valence-electron chi connectivity index (χ1n) is 10.3. The maximum Gasteiger partial charge on any atom is 0.294 e. The summed E-state index contributed by atoms with van der Waals surface area (Å²) in [5.74, 6) is 0.564. The Balaban J connectivity index is 1.72. The molecule has 0 spiro atoms. The third kappa shape index (κ3) is 4.53. The highest BCUT2D eigenvalue weighted by molar-refractivity contribution is 7.98. The maximum atomic E-state index is 13.2. The Bertz CT molecular complexity index is 1430. The molecule has 34 heavy (non-hydrogen) atoms. The van der Waals surface area contributed by atoms with Gasteiger partial charge in [0.1, 0.15) is 5.69 Å². The lowest BCUT2D eigenvalue weighted by Crippen LogP contribution is -2.35. The summed E-state index contributed by atoms with van der Waals surface area (Å²) >= 11 is 1.61. The minimum absolute atomic E-state index is 0.154. The second kappa shape index (κ2) is 9.83. The average Bonchev–Trinajstić information content (AvgIpc) is 3.26. The van der Waals surface area contributed by atoms with Crippen molar-refractivity contribution in [2.75, 3.05) is 12.0 Å². The van der Waals surface area contributed by atoms with E-state index in [9.17, 15) is 19.7 Å². The second-order valence-corrected chi connectivity index (χ2v) is 8.44. The largest absolute Gasteiger partial charge is 0.340 e. The third-order valence-electron chi connectivity index (χ3n) is 5.20. The van der Waals surface area contributed by atoms with E-state index in [2.05, 4.69) is 20.6 Å². The number of rotatable bonds is 8. The molecule has 1 N–H and O–H groups in total. The number of para-hydroxylation sites is 2. The first kappa shape index (κ1) is 23.1. The lowest BCUT2D eigenvalue weighted by Gasteiger charge is -2.17. The van der Waals surface area contributed by atoms with E-state index in [0.717, 1.165) is 5.75 Å². The number of carbonyl (C=O) groups excluding carboxylic acids is 1. The van der Waals surface area contributed by atoms with Gasteiger partial charge in [-0.15, -0.1) is 10.2 Å². The van der Waals surface area contributed by atoms with Crippen LogP contribution in [0.5, 0.6) is 0 Å². The Kier molecular flexibility index (Phi) is 6.68. The lowest BCUT2D eigenvalue weighted by molar-refractivity contribution is -0.384. The van der Waals surface area contributed by atoms with Gasteiger partial charge in [0.25, 0.3) is 11.6 Å². The quantitative estimate of drug-likeness (QED) is 0.301. The van der Waals surface area contributed by atoms with Crippen molar-refractivity contribution in [3.05, 3.63) is 92.3 Å². The number of carbonyl (C=O) groups is 1. The third-order valence-corrected chi connectivity index (χ3v) is 5.84. The molecule has 174 valence electrons. The molecule has 1 aromatic carbocycles. The highest BCUT2D eigenvalue weighted by atomic mass is 32.2. The van der Waals surface area contributed by atoms with Crippen LogP contribution in [0.15, 0.2) is 59.5 Å². The fourth-order valence-corrected chi connectivity index (χ4v) is 4.04. The number of nitro groups is 1. The van der Waals surface area contributed by atoms with Crippen molar-refractivity contribution in [3.63, 3.8) is 0 Å². The van der Waals surface area contributed by atoms with Crippen molar-refractivity contribution in [1.82, 2.24) is 29.7 Å². The van der Waals surface area contributed by atoms with E-state index in [4.69, 9.17) is 0 Å².